The van der Waals surface area contributed by atoms with Crippen molar-refractivity contribution in [3.05, 3.63) is 16.6 Å². The Morgan fingerprint density at radius 1 is 1.27 bits per heavy atom. The van der Waals surface area contributed by atoms with Gasteiger partial charge >= 0.3 is 0 Å². The number of benzene rings is 1. The number of sulfonamides is 1. The fraction of sp³-hybridized carbons (Fsp3) is 0.538. The fourth-order valence-corrected chi connectivity index (χ4v) is 4.81. The maximum Gasteiger partial charge on any atom is 0.244 e. The molecule has 1 saturated heterocycles. The highest BCUT2D eigenvalue weighted by Crippen LogP contribution is 2.36. The third-order valence-corrected chi connectivity index (χ3v) is 6.21. The van der Waals surface area contributed by atoms with Crippen LogP contribution in [-0.4, -0.2) is 52.6 Å². The highest BCUT2D eigenvalue weighted by Gasteiger charge is 2.31. The first kappa shape index (κ1) is 19.5. The summed E-state index contributed by atoms with van der Waals surface area (Å²) < 4.78 is 37.9. The Hall–Kier alpha value is -0.540. The molecule has 0 aromatic heterocycles. The van der Waals surface area contributed by atoms with Crippen LogP contribution in [0.1, 0.15) is 6.92 Å². The number of methoxy groups -OCH3 is 2. The van der Waals surface area contributed by atoms with E-state index in [2.05, 4.69) is 21.2 Å². The van der Waals surface area contributed by atoms with Gasteiger partial charge < -0.3 is 14.8 Å². The molecule has 0 radical (unpaired) electrons. The minimum atomic E-state index is -3.57. The Balaban J connectivity index is 0.00000242. The highest BCUT2D eigenvalue weighted by molar-refractivity contribution is 9.10. The highest BCUT2D eigenvalue weighted by atomic mass is 79.9. The zero-order chi connectivity index (χ0) is 15.6. The smallest absolute Gasteiger partial charge is 0.244 e. The molecule has 0 spiro atoms. The molecule has 0 amide bonds. The van der Waals surface area contributed by atoms with Gasteiger partial charge in [0.05, 0.1) is 14.2 Å². The second-order valence-electron chi connectivity index (χ2n) is 4.86. The second kappa shape index (κ2) is 7.83. The van der Waals surface area contributed by atoms with E-state index >= 15 is 0 Å². The van der Waals surface area contributed by atoms with Gasteiger partial charge in [0.2, 0.25) is 10.0 Å². The van der Waals surface area contributed by atoms with E-state index < -0.39 is 10.0 Å². The topological polar surface area (TPSA) is 67.9 Å². The van der Waals surface area contributed by atoms with Crippen LogP contribution in [-0.2, 0) is 10.0 Å². The van der Waals surface area contributed by atoms with Crippen molar-refractivity contribution in [1.29, 1.82) is 0 Å². The fourth-order valence-electron chi connectivity index (χ4n) is 2.29. The van der Waals surface area contributed by atoms with Gasteiger partial charge in [-0.15, -0.1) is 12.4 Å². The summed E-state index contributed by atoms with van der Waals surface area (Å²) in [5, 5.41) is 3.23. The van der Waals surface area contributed by atoms with Gasteiger partial charge in [-0.05, 0) is 28.9 Å². The standard InChI is InChI=1S/C13H19BrN2O4S.ClH/c1-9-8-16(5-4-15-9)21(17,18)13-7-12(20-3)11(19-2)6-10(13)14;/h6-7,9,15H,4-5,8H2,1-3H3;1H/t9-;/m0./s1. The molecule has 22 heavy (non-hydrogen) atoms. The average Bonchev–Trinajstić information content (AvgIpc) is 2.46. The minimum Gasteiger partial charge on any atom is -0.493 e. The van der Waals surface area contributed by atoms with Crippen LogP contribution in [0.15, 0.2) is 21.5 Å². The monoisotopic (exact) mass is 414 g/mol. The third kappa shape index (κ3) is 3.86. The lowest BCUT2D eigenvalue weighted by Gasteiger charge is -2.31. The Bertz CT molecular complexity index is 627. The Labute approximate surface area is 145 Å². The van der Waals surface area contributed by atoms with Crippen LogP contribution in [0, 0.1) is 0 Å². The lowest BCUT2D eigenvalue weighted by Crippen LogP contribution is -2.51. The first-order valence-corrected chi connectivity index (χ1v) is 8.78. The predicted octanol–water partition coefficient (Wildman–Crippen LogP) is 1.87. The molecule has 0 aliphatic carbocycles. The van der Waals surface area contributed by atoms with Crippen molar-refractivity contribution in [1.82, 2.24) is 9.62 Å². The molecule has 0 saturated carbocycles. The minimum absolute atomic E-state index is 0. The number of hydrogen-bond donors (Lipinski definition) is 1. The Morgan fingerprint density at radius 2 is 1.86 bits per heavy atom. The summed E-state index contributed by atoms with van der Waals surface area (Å²) in [4.78, 5) is 0.189. The van der Waals surface area contributed by atoms with E-state index in [1.807, 2.05) is 6.92 Å². The predicted molar refractivity (Wildman–Crippen MR) is 90.7 cm³/mol. The number of piperazine rings is 1. The zero-order valence-electron chi connectivity index (χ0n) is 12.6. The molecular weight excluding hydrogens is 396 g/mol. The quantitative estimate of drug-likeness (QED) is 0.813. The van der Waals surface area contributed by atoms with E-state index in [9.17, 15) is 8.42 Å². The maximum absolute atomic E-state index is 12.8. The van der Waals surface area contributed by atoms with Crippen molar-refractivity contribution in [2.24, 2.45) is 0 Å². The normalized spacial score (nSPS) is 19.4. The SMILES string of the molecule is COc1cc(Br)c(S(=O)(=O)N2CCN[C@@H](C)C2)cc1OC.Cl. The lowest BCUT2D eigenvalue weighted by molar-refractivity contribution is 0.309. The van der Waals surface area contributed by atoms with Crippen LogP contribution in [0.4, 0.5) is 0 Å². The van der Waals surface area contributed by atoms with Crippen LogP contribution in [0.5, 0.6) is 11.5 Å². The third-order valence-electron chi connectivity index (χ3n) is 3.39. The summed E-state index contributed by atoms with van der Waals surface area (Å²) in [7, 11) is -0.581. The summed E-state index contributed by atoms with van der Waals surface area (Å²) in [5.74, 6) is 0.875. The molecule has 2 rings (SSSR count). The van der Waals surface area contributed by atoms with E-state index in [0.717, 1.165) is 0 Å². The van der Waals surface area contributed by atoms with E-state index in [1.165, 1.54) is 24.6 Å². The Kier molecular flexibility index (Phi) is 6.94. The summed E-state index contributed by atoms with van der Waals surface area (Å²) >= 11 is 3.31. The van der Waals surface area contributed by atoms with Crippen molar-refractivity contribution in [2.75, 3.05) is 33.9 Å². The lowest BCUT2D eigenvalue weighted by atomic mass is 10.3. The van der Waals surface area contributed by atoms with Gasteiger partial charge in [0.15, 0.2) is 11.5 Å². The van der Waals surface area contributed by atoms with Crippen LogP contribution in [0.25, 0.3) is 0 Å². The molecule has 1 aliphatic heterocycles. The van der Waals surface area contributed by atoms with Gasteiger partial charge in [-0.3, -0.25) is 0 Å². The van der Waals surface area contributed by atoms with E-state index in [1.54, 1.807) is 6.07 Å². The second-order valence-corrected chi connectivity index (χ2v) is 7.62. The molecule has 1 atom stereocenters. The van der Waals surface area contributed by atoms with Crippen molar-refractivity contribution in [3.63, 3.8) is 0 Å². The molecule has 0 unspecified atom stereocenters. The molecule has 1 N–H and O–H groups in total. The first-order chi connectivity index (χ1) is 9.90. The molecule has 1 aromatic rings. The molecule has 0 bridgehead atoms. The number of nitrogens with one attached hydrogen (secondary N) is 1. The molecule has 1 aliphatic rings. The van der Waals surface area contributed by atoms with Gasteiger partial charge in [-0.25, -0.2) is 8.42 Å². The van der Waals surface area contributed by atoms with Crippen LogP contribution >= 0.6 is 28.3 Å². The van der Waals surface area contributed by atoms with Crippen molar-refractivity contribution < 1.29 is 17.9 Å². The van der Waals surface area contributed by atoms with E-state index in [-0.39, 0.29) is 23.3 Å². The number of hydrogen-bond acceptors (Lipinski definition) is 5. The van der Waals surface area contributed by atoms with Crippen molar-refractivity contribution >= 4 is 38.4 Å². The molecule has 1 fully saturated rings. The van der Waals surface area contributed by atoms with Gasteiger partial charge in [-0.2, -0.15) is 4.31 Å². The molecule has 6 nitrogen and oxygen atoms in total. The molecule has 126 valence electrons. The Morgan fingerprint density at radius 3 is 2.41 bits per heavy atom. The van der Waals surface area contributed by atoms with E-state index in [0.29, 0.717) is 35.6 Å². The van der Waals surface area contributed by atoms with Gasteiger partial charge in [0.25, 0.3) is 0 Å². The number of ether oxygens (including phenoxy) is 2. The maximum atomic E-state index is 12.8. The van der Waals surface area contributed by atoms with Crippen LogP contribution in [0.3, 0.4) is 0 Å². The van der Waals surface area contributed by atoms with E-state index in [4.69, 9.17) is 9.47 Å². The summed E-state index contributed by atoms with van der Waals surface area (Å²) in [6.07, 6.45) is 0. The molecule has 1 heterocycles. The summed E-state index contributed by atoms with van der Waals surface area (Å²) in [6.45, 7) is 3.51. The summed E-state index contributed by atoms with van der Waals surface area (Å²) in [5.41, 5.74) is 0. The molecule has 9 heteroatoms. The number of rotatable bonds is 4. The average molecular weight is 416 g/mol. The number of nitrogens with zero attached hydrogens (tertiary/aromatic N) is 1. The number of halogens is 2. The van der Waals surface area contributed by atoms with Gasteiger partial charge in [0, 0.05) is 36.2 Å². The zero-order valence-corrected chi connectivity index (χ0v) is 15.8. The van der Waals surface area contributed by atoms with Crippen LogP contribution < -0.4 is 14.8 Å². The van der Waals surface area contributed by atoms with Gasteiger partial charge in [0.1, 0.15) is 4.90 Å². The first-order valence-electron chi connectivity index (χ1n) is 6.55. The van der Waals surface area contributed by atoms with Crippen molar-refractivity contribution in [3.8, 4) is 11.5 Å². The van der Waals surface area contributed by atoms with Crippen molar-refractivity contribution in [2.45, 2.75) is 17.9 Å². The van der Waals surface area contributed by atoms with Crippen LogP contribution in [0.2, 0.25) is 0 Å². The molecular formula is C13H20BrClN2O4S. The largest absolute Gasteiger partial charge is 0.493 e. The van der Waals surface area contributed by atoms with Gasteiger partial charge in [-0.1, -0.05) is 0 Å². The molecule has 1 aromatic carbocycles. The summed E-state index contributed by atoms with van der Waals surface area (Å²) in [6, 6.07) is 3.23.